The molecule has 0 bridgehead atoms. The van der Waals surface area contributed by atoms with Crippen molar-refractivity contribution in [2.24, 2.45) is 0 Å². The molecule has 4 rings (SSSR count). The van der Waals surface area contributed by atoms with Crippen LogP contribution in [-0.2, 0) is 17.0 Å². The van der Waals surface area contributed by atoms with Gasteiger partial charge < -0.3 is 19.4 Å². The molecule has 0 fully saturated rings. The van der Waals surface area contributed by atoms with Crippen LogP contribution in [0, 0.1) is 0 Å². The molecule has 1 N–H and O–H groups in total. The summed E-state index contributed by atoms with van der Waals surface area (Å²) in [5, 5.41) is 3.83. The molecule has 2 heterocycles. The minimum Gasteiger partial charge on any atom is -0.497 e. The Morgan fingerprint density at radius 3 is 2.74 bits per heavy atom. The molecule has 34 heavy (non-hydrogen) atoms. The number of benzene rings is 2. The average Bonchev–Trinajstić information content (AvgIpc) is 3.23. The lowest BCUT2D eigenvalue weighted by atomic mass is 10.1. The van der Waals surface area contributed by atoms with Crippen LogP contribution >= 0.6 is 11.8 Å². The van der Waals surface area contributed by atoms with E-state index in [1.54, 1.807) is 32.2 Å². The first kappa shape index (κ1) is 23.8. The summed E-state index contributed by atoms with van der Waals surface area (Å²) in [4.78, 5) is 21.4. The predicted molar refractivity (Wildman–Crippen MR) is 134 cm³/mol. The van der Waals surface area contributed by atoms with E-state index in [0.29, 0.717) is 25.3 Å². The highest BCUT2D eigenvalue weighted by Crippen LogP contribution is 2.28. The molecule has 0 radical (unpaired) electrons. The number of pyridine rings is 1. The molecule has 0 aliphatic heterocycles. The molecule has 0 saturated heterocycles. The number of thioether (sulfide) groups is 1. The highest BCUT2D eigenvalue weighted by molar-refractivity contribution is 7.98. The summed E-state index contributed by atoms with van der Waals surface area (Å²) in [5.74, 6) is 1.50. The van der Waals surface area contributed by atoms with Gasteiger partial charge in [0.05, 0.1) is 30.9 Å². The van der Waals surface area contributed by atoms with Crippen LogP contribution in [0.1, 0.15) is 27.9 Å². The van der Waals surface area contributed by atoms with E-state index in [1.165, 1.54) is 0 Å². The van der Waals surface area contributed by atoms with Gasteiger partial charge in [-0.2, -0.15) is 0 Å². The minimum atomic E-state index is -0.0668. The van der Waals surface area contributed by atoms with E-state index in [0.717, 1.165) is 45.2 Å². The first-order valence-corrected chi connectivity index (χ1v) is 12.1. The second-order valence-electron chi connectivity index (χ2n) is 7.78. The van der Waals surface area contributed by atoms with Crippen LogP contribution in [0.15, 0.2) is 72.1 Å². The van der Waals surface area contributed by atoms with E-state index in [-0.39, 0.29) is 5.91 Å². The maximum absolute atomic E-state index is 12.3. The topological polar surface area (TPSA) is 78.3 Å². The molecule has 2 aromatic carbocycles. The fraction of sp³-hybridized carbons (Fsp3) is 0.269. The summed E-state index contributed by atoms with van der Waals surface area (Å²) >= 11 is 1.67. The third-order valence-corrected chi connectivity index (χ3v) is 6.43. The molecular weight excluding hydrogens is 448 g/mol. The first-order chi connectivity index (χ1) is 16.7. The third kappa shape index (κ3) is 5.95. The molecule has 0 aliphatic carbocycles. The number of imidazole rings is 1. The Kier molecular flexibility index (Phi) is 8.17. The van der Waals surface area contributed by atoms with Gasteiger partial charge in [-0.1, -0.05) is 36.0 Å². The van der Waals surface area contributed by atoms with E-state index >= 15 is 0 Å². The monoisotopic (exact) mass is 476 g/mol. The number of ether oxygens (including phenoxy) is 2. The van der Waals surface area contributed by atoms with Crippen molar-refractivity contribution in [3.05, 3.63) is 83.7 Å². The molecule has 1 amide bonds. The standard InChI is InChI=1S/C26H28N4O3S/c1-32-14-4-12-28-25(31)21-9-7-19(8-10-21)18-34-26-29-23-11-13-27-16-24(23)30(26)17-20-5-3-6-22(15-20)33-2/h3,5-11,13,15-16H,4,12,14,17-18H2,1-2H3,(H,28,31). The van der Waals surface area contributed by atoms with Crippen molar-refractivity contribution in [2.45, 2.75) is 23.9 Å². The summed E-state index contributed by atoms with van der Waals surface area (Å²) < 4.78 is 12.6. The van der Waals surface area contributed by atoms with E-state index < -0.39 is 0 Å². The van der Waals surface area contributed by atoms with Crippen molar-refractivity contribution in [1.29, 1.82) is 0 Å². The SMILES string of the molecule is COCCCNC(=O)c1ccc(CSc2nc3ccncc3n2Cc2cccc(OC)c2)cc1. The van der Waals surface area contributed by atoms with Gasteiger partial charge in [-0.25, -0.2) is 4.98 Å². The van der Waals surface area contributed by atoms with Gasteiger partial charge in [-0.05, 0) is 47.9 Å². The molecular formula is C26H28N4O3S. The predicted octanol–water partition coefficient (Wildman–Crippen LogP) is 4.55. The molecule has 0 spiro atoms. The van der Waals surface area contributed by atoms with Crippen LogP contribution in [-0.4, -0.2) is 47.8 Å². The van der Waals surface area contributed by atoms with Gasteiger partial charge in [0.25, 0.3) is 5.91 Å². The smallest absolute Gasteiger partial charge is 0.251 e. The zero-order chi connectivity index (χ0) is 23.8. The Labute approximate surface area is 203 Å². The zero-order valence-electron chi connectivity index (χ0n) is 19.4. The summed E-state index contributed by atoms with van der Waals surface area (Å²) in [7, 11) is 3.33. The zero-order valence-corrected chi connectivity index (χ0v) is 20.2. The number of aromatic nitrogens is 3. The molecule has 8 heteroatoms. The molecule has 0 atom stereocenters. The van der Waals surface area contributed by atoms with Crippen LogP contribution in [0.4, 0.5) is 0 Å². The summed E-state index contributed by atoms with van der Waals surface area (Å²) in [6, 6.07) is 17.7. The number of rotatable bonds is 11. The fourth-order valence-electron chi connectivity index (χ4n) is 3.58. The number of carbonyl (C=O) groups excluding carboxylic acids is 1. The Morgan fingerprint density at radius 1 is 1.09 bits per heavy atom. The molecule has 0 aliphatic rings. The molecule has 7 nitrogen and oxygen atoms in total. The third-order valence-electron chi connectivity index (χ3n) is 5.39. The number of hydrogen-bond donors (Lipinski definition) is 1. The lowest BCUT2D eigenvalue weighted by Gasteiger charge is -2.10. The summed E-state index contributed by atoms with van der Waals surface area (Å²) in [6.07, 6.45) is 4.41. The lowest BCUT2D eigenvalue weighted by Crippen LogP contribution is -2.25. The van der Waals surface area contributed by atoms with E-state index in [1.807, 2.05) is 54.7 Å². The maximum Gasteiger partial charge on any atom is 0.251 e. The van der Waals surface area contributed by atoms with E-state index in [9.17, 15) is 4.79 Å². The van der Waals surface area contributed by atoms with Crippen LogP contribution < -0.4 is 10.1 Å². The van der Waals surface area contributed by atoms with Crippen molar-refractivity contribution in [2.75, 3.05) is 27.4 Å². The Balaban J connectivity index is 1.46. The number of hydrogen-bond acceptors (Lipinski definition) is 6. The highest BCUT2D eigenvalue weighted by atomic mass is 32.2. The second-order valence-corrected chi connectivity index (χ2v) is 8.73. The minimum absolute atomic E-state index is 0.0668. The number of amides is 1. The Bertz CT molecular complexity index is 1240. The largest absolute Gasteiger partial charge is 0.497 e. The van der Waals surface area contributed by atoms with Crippen LogP contribution in [0.5, 0.6) is 5.75 Å². The maximum atomic E-state index is 12.3. The quantitative estimate of drug-likeness (QED) is 0.253. The van der Waals surface area contributed by atoms with E-state index in [2.05, 4.69) is 20.9 Å². The van der Waals surface area contributed by atoms with Gasteiger partial charge in [0.2, 0.25) is 0 Å². The second kappa shape index (κ2) is 11.7. The normalized spacial score (nSPS) is 11.0. The van der Waals surface area contributed by atoms with Crippen molar-refractivity contribution < 1.29 is 14.3 Å². The van der Waals surface area contributed by atoms with Gasteiger partial charge in [0.15, 0.2) is 5.16 Å². The van der Waals surface area contributed by atoms with Crippen molar-refractivity contribution in [3.63, 3.8) is 0 Å². The summed E-state index contributed by atoms with van der Waals surface area (Å²) in [5.41, 5.74) is 4.82. The number of carbonyl (C=O) groups is 1. The van der Waals surface area contributed by atoms with Gasteiger partial charge in [-0.3, -0.25) is 9.78 Å². The molecule has 2 aromatic heterocycles. The van der Waals surface area contributed by atoms with Gasteiger partial charge >= 0.3 is 0 Å². The van der Waals surface area contributed by atoms with Crippen LogP contribution in [0.25, 0.3) is 11.0 Å². The van der Waals surface area contributed by atoms with E-state index in [4.69, 9.17) is 14.5 Å². The fourth-order valence-corrected chi connectivity index (χ4v) is 4.55. The Morgan fingerprint density at radius 2 is 1.94 bits per heavy atom. The van der Waals surface area contributed by atoms with Crippen molar-refractivity contribution in [1.82, 2.24) is 19.9 Å². The summed E-state index contributed by atoms with van der Waals surface area (Å²) in [6.45, 7) is 1.90. The van der Waals surface area contributed by atoms with Crippen molar-refractivity contribution in [3.8, 4) is 5.75 Å². The van der Waals surface area contributed by atoms with Crippen LogP contribution in [0.2, 0.25) is 0 Å². The van der Waals surface area contributed by atoms with Gasteiger partial charge in [-0.15, -0.1) is 0 Å². The average molecular weight is 477 g/mol. The number of nitrogens with zero attached hydrogens (tertiary/aromatic N) is 3. The van der Waals surface area contributed by atoms with Gasteiger partial charge in [0, 0.05) is 37.8 Å². The Hall–Kier alpha value is -3.36. The van der Waals surface area contributed by atoms with Gasteiger partial charge in [0.1, 0.15) is 5.75 Å². The number of methoxy groups -OCH3 is 2. The number of nitrogens with one attached hydrogen (secondary N) is 1. The highest BCUT2D eigenvalue weighted by Gasteiger charge is 2.13. The molecule has 0 unspecified atom stereocenters. The lowest BCUT2D eigenvalue weighted by molar-refractivity contribution is 0.0948. The molecule has 4 aromatic rings. The number of fused-ring (bicyclic) bond motifs is 1. The van der Waals surface area contributed by atoms with Crippen molar-refractivity contribution >= 4 is 28.7 Å². The first-order valence-electron chi connectivity index (χ1n) is 11.1. The molecule has 0 saturated carbocycles. The van der Waals surface area contributed by atoms with Crippen LogP contribution in [0.3, 0.4) is 0 Å². The molecule has 176 valence electrons.